The molecule has 4 rings (SSSR count). The average Bonchev–Trinajstić information content (AvgIpc) is 3.22. The van der Waals surface area contributed by atoms with Crippen LogP contribution >= 0.6 is 0 Å². The Morgan fingerprint density at radius 1 is 1.06 bits per heavy atom. The molecule has 186 valence electrons. The molecule has 0 amide bonds. The summed E-state index contributed by atoms with van der Waals surface area (Å²) in [7, 11) is 0. The minimum absolute atomic E-state index is 0.507. The van der Waals surface area contributed by atoms with Crippen LogP contribution in [0.5, 0.6) is 0 Å². The Labute approximate surface area is 214 Å². The number of hydrogen-bond donors (Lipinski definition) is 2. The Morgan fingerprint density at radius 3 is 2.42 bits per heavy atom. The second-order valence-electron chi connectivity index (χ2n) is 8.54. The molecule has 2 aromatic carbocycles. The molecule has 0 saturated carbocycles. The zero-order valence-electron chi connectivity index (χ0n) is 21.2. The van der Waals surface area contributed by atoms with Crippen molar-refractivity contribution >= 4 is 12.4 Å². The van der Waals surface area contributed by atoms with E-state index in [4.69, 9.17) is 16.2 Å². The SMILES string of the molecule is C=C1N(Cc2ccc(-c3ccccc3CN)nc2)C(CCCC)=CN1c1ccccc1C.C=NN=N. The average molecular weight is 482 g/mol. The number of unbranched alkanes of at least 4 members (excludes halogenated alkanes) is 1. The van der Waals surface area contributed by atoms with Gasteiger partial charge < -0.3 is 15.5 Å². The molecule has 1 aromatic heterocycles. The molecule has 3 aromatic rings. The zero-order chi connectivity index (χ0) is 25.9. The van der Waals surface area contributed by atoms with Crippen LogP contribution in [0, 0.1) is 12.5 Å². The zero-order valence-corrected chi connectivity index (χ0v) is 21.2. The maximum Gasteiger partial charge on any atom is 0.110 e. The summed E-state index contributed by atoms with van der Waals surface area (Å²) >= 11 is 0. The van der Waals surface area contributed by atoms with Crippen molar-refractivity contribution in [3.63, 3.8) is 0 Å². The van der Waals surface area contributed by atoms with E-state index < -0.39 is 0 Å². The smallest absolute Gasteiger partial charge is 0.110 e. The van der Waals surface area contributed by atoms with Crippen molar-refractivity contribution in [2.24, 2.45) is 16.1 Å². The number of nitrogens with zero attached hydrogens (tertiary/aromatic N) is 5. The number of pyridine rings is 1. The number of hydrogen-bond acceptors (Lipinski definition) is 6. The van der Waals surface area contributed by atoms with Crippen LogP contribution in [-0.2, 0) is 13.1 Å². The number of allylic oxidation sites excluding steroid dienone is 1. The van der Waals surface area contributed by atoms with E-state index in [2.05, 4.69) is 102 Å². The van der Waals surface area contributed by atoms with Crippen LogP contribution in [0.1, 0.15) is 42.9 Å². The Hall–Kier alpha value is -4.10. The largest absolute Gasteiger partial charge is 0.326 e. The van der Waals surface area contributed by atoms with Gasteiger partial charge in [-0.2, -0.15) is 5.53 Å². The fourth-order valence-corrected chi connectivity index (χ4v) is 4.19. The van der Waals surface area contributed by atoms with Crippen LogP contribution in [0.3, 0.4) is 0 Å². The van der Waals surface area contributed by atoms with E-state index in [1.165, 1.54) is 23.4 Å². The number of aryl methyl sites for hydroxylation is 1. The number of nitrogens with one attached hydrogen (secondary N) is 1. The molecule has 3 N–H and O–H groups in total. The Balaban J connectivity index is 0.000000840. The quantitative estimate of drug-likeness (QED) is 0.196. The van der Waals surface area contributed by atoms with Gasteiger partial charge in [0, 0.05) is 42.6 Å². The fourth-order valence-electron chi connectivity index (χ4n) is 4.19. The minimum Gasteiger partial charge on any atom is -0.326 e. The summed E-state index contributed by atoms with van der Waals surface area (Å²) < 4.78 is 0. The lowest BCUT2D eigenvalue weighted by molar-refractivity contribution is 0.416. The predicted molar refractivity (Wildman–Crippen MR) is 148 cm³/mol. The summed E-state index contributed by atoms with van der Waals surface area (Å²) in [5.41, 5.74) is 19.8. The normalized spacial score (nSPS) is 12.6. The molecule has 7 heteroatoms. The second kappa shape index (κ2) is 13.1. The van der Waals surface area contributed by atoms with Gasteiger partial charge in [-0.3, -0.25) is 4.98 Å². The number of anilines is 1. The Kier molecular flexibility index (Phi) is 9.65. The molecule has 0 fully saturated rings. The molecule has 0 aliphatic carbocycles. The first-order valence-electron chi connectivity index (χ1n) is 12.1. The summed E-state index contributed by atoms with van der Waals surface area (Å²) in [6.07, 6.45) is 7.58. The van der Waals surface area contributed by atoms with Gasteiger partial charge in [-0.25, -0.2) is 0 Å². The van der Waals surface area contributed by atoms with Gasteiger partial charge >= 0.3 is 0 Å². The van der Waals surface area contributed by atoms with E-state index in [0.29, 0.717) is 6.54 Å². The molecule has 2 heterocycles. The summed E-state index contributed by atoms with van der Waals surface area (Å²) in [4.78, 5) is 9.31. The molecule has 0 unspecified atom stereocenters. The molecule has 0 saturated heterocycles. The van der Waals surface area contributed by atoms with Crippen molar-refractivity contribution in [1.82, 2.24) is 9.88 Å². The fraction of sp³-hybridized carbons (Fsp3) is 0.241. The molecular formula is C29H35N7. The summed E-state index contributed by atoms with van der Waals surface area (Å²) in [6.45, 7) is 13.0. The van der Waals surface area contributed by atoms with Crippen molar-refractivity contribution in [2.75, 3.05) is 4.90 Å². The number of aromatic nitrogens is 1. The molecule has 1 aliphatic rings. The molecule has 7 nitrogen and oxygen atoms in total. The summed E-state index contributed by atoms with van der Waals surface area (Å²) in [5, 5.41) is 5.28. The van der Waals surface area contributed by atoms with Crippen LogP contribution in [0.15, 0.2) is 101 Å². The highest BCUT2D eigenvalue weighted by molar-refractivity contribution is 5.64. The highest BCUT2D eigenvalue weighted by atomic mass is 15.4. The molecular weight excluding hydrogens is 446 g/mol. The van der Waals surface area contributed by atoms with Crippen LogP contribution in [-0.4, -0.2) is 16.6 Å². The van der Waals surface area contributed by atoms with Crippen molar-refractivity contribution in [1.29, 1.82) is 5.53 Å². The maximum absolute atomic E-state index is 5.91. The van der Waals surface area contributed by atoms with Crippen molar-refractivity contribution in [3.8, 4) is 11.3 Å². The van der Waals surface area contributed by atoms with E-state index in [-0.39, 0.29) is 0 Å². The van der Waals surface area contributed by atoms with Gasteiger partial charge in [-0.15, -0.1) is 5.10 Å². The monoisotopic (exact) mass is 481 g/mol. The standard InChI is InChI=1S/C28H32N4.CH3N3/c1-4-5-12-25-20-32(28-14-9-6-10-21(28)2)22(3)31(25)19-23-15-16-27(30-18-23)26-13-8-7-11-24(26)17-29;1-3-4-2/h6-11,13-16,18,20H,3-5,12,17,19,29H2,1-2H3;2H,1H2. The first-order valence-corrected chi connectivity index (χ1v) is 12.1. The Bertz CT molecular complexity index is 1210. The highest BCUT2D eigenvalue weighted by Gasteiger charge is 2.27. The Morgan fingerprint density at radius 2 is 1.78 bits per heavy atom. The van der Waals surface area contributed by atoms with E-state index in [0.717, 1.165) is 47.6 Å². The summed E-state index contributed by atoms with van der Waals surface area (Å²) in [5.74, 6) is 0.989. The number of rotatable bonds is 9. The van der Waals surface area contributed by atoms with Crippen LogP contribution < -0.4 is 10.6 Å². The number of para-hydroxylation sites is 1. The molecule has 36 heavy (non-hydrogen) atoms. The van der Waals surface area contributed by atoms with Gasteiger partial charge in [0.15, 0.2) is 0 Å². The van der Waals surface area contributed by atoms with E-state index in [1.54, 1.807) is 0 Å². The third-order valence-electron chi connectivity index (χ3n) is 6.13. The summed E-state index contributed by atoms with van der Waals surface area (Å²) in [6, 6.07) is 20.9. The van der Waals surface area contributed by atoms with Gasteiger partial charge in [0.05, 0.1) is 12.2 Å². The number of nitrogens with two attached hydrogens (primary N) is 1. The molecule has 0 radical (unpaired) electrons. The van der Waals surface area contributed by atoms with Gasteiger partial charge in [-0.1, -0.05) is 73.7 Å². The second-order valence-corrected chi connectivity index (χ2v) is 8.54. The van der Waals surface area contributed by atoms with Gasteiger partial charge in [-0.05, 0) is 48.6 Å². The van der Waals surface area contributed by atoms with Gasteiger partial charge in [0.1, 0.15) is 5.82 Å². The van der Waals surface area contributed by atoms with Gasteiger partial charge in [0.25, 0.3) is 0 Å². The van der Waals surface area contributed by atoms with E-state index in [9.17, 15) is 0 Å². The third kappa shape index (κ3) is 6.31. The van der Waals surface area contributed by atoms with Crippen molar-refractivity contribution in [2.45, 2.75) is 46.2 Å². The van der Waals surface area contributed by atoms with Gasteiger partial charge in [0.2, 0.25) is 0 Å². The lowest BCUT2D eigenvalue weighted by Gasteiger charge is -2.27. The molecule has 0 atom stereocenters. The molecule has 0 spiro atoms. The van der Waals surface area contributed by atoms with Crippen LogP contribution in [0.2, 0.25) is 0 Å². The van der Waals surface area contributed by atoms with Crippen molar-refractivity contribution < 1.29 is 0 Å². The highest BCUT2D eigenvalue weighted by Crippen LogP contribution is 2.35. The topological polar surface area (TPSA) is 94.0 Å². The van der Waals surface area contributed by atoms with E-state index in [1.807, 2.05) is 18.3 Å². The molecule has 0 bridgehead atoms. The first kappa shape index (κ1) is 26.5. The molecule has 1 aliphatic heterocycles. The lowest BCUT2D eigenvalue weighted by atomic mass is 10.0. The van der Waals surface area contributed by atoms with Crippen LogP contribution in [0.25, 0.3) is 11.3 Å². The predicted octanol–water partition coefficient (Wildman–Crippen LogP) is 6.97. The van der Waals surface area contributed by atoms with Crippen LogP contribution in [0.4, 0.5) is 5.69 Å². The minimum atomic E-state index is 0.507. The third-order valence-corrected chi connectivity index (χ3v) is 6.13. The van der Waals surface area contributed by atoms with Crippen molar-refractivity contribution in [3.05, 3.63) is 108 Å². The number of benzene rings is 2. The van der Waals surface area contributed by atoms with E-state index >= 15 is 0 Å². The lowest BCUT2D eigenvalue weighted by Crippen LogP contribution is -2.24. The maximum atomic E-state index is 5.91. The first-order chi connectivity index (χ1) is 17.5.